The van der Waals surface area contributed by atoms with Gasteiger partial charge in [0.2, 0.25) is 0 Å². The maximum absolute atomic E-state index is 3.92. The number of nitrogens with zero attached hydrogens (tertiary/aromatic N) is 1. The molecule has 1 heteroatoms. The number of hydrogen-bond acceptors (Lipinski definition) is 1. The van der Waals surface area contributed by atoms with Crippen molar-refractivity contribution in [1.82, 2.24) is 0 Å². The van der Waals surface area contributed by atoms with E-state index < -0.39 is 0 Å². The van der Waals surface area contributed by atoms with E-state index in [9.17, 15) is 0 Å². The summed E-state index contributed by atoms with van der Waals surface area (Å²) >= 11 is 0. The first-order chi connectivity index (χ1) is 6.65. The number of allylic oxidation sites excluding steroid dienone is 1. The van der Waals surface area contributed by atoms with Crippen LogP contribution in [0.15, 0.2) is 29.8 Å². The number of aryl methyl sites for hydroxylation is 1. The minimum Gasteiger partial charge on any atom is -0.264 e. The first-order valence-electron chi connectivity index (χ1n) is 4.88. The van der Waals surface area contributed by atoms with Gasteiger partial charge in [-0.2, -0.15) is 0 Å². The van der Waals surface area contributed by atoms with Crippen molar-refractivity contribution in [3.63, 3.8) is 0 Å². The number of aliphatic imine (C=N–C) groups is 1. The summed E-state index contributed by atoms with van der Waals surface area (Å²) in [5, 5.41) is 0. The molecule has 0 aliphatic rings. The number of hydrogen-bond donors (Lipinski definition) is 0. The number of rotatable bonds is 2. The molecule has 0 radical (unpaired) electrons. The van der Waals surface area contributed by atoms with E-state index in [0.29, 0.717) is 0 Å². The van der Waals surface area contributed by atoms with Gasteiger partial charge < -0.3 is 0 Å². The van der Waals surface area contributed by atoms with Crippen molar-refractivity contribution in [2.75, 3.05) is 0 Å². The zero-order valence-corrected chi connectivity index (χ0v) is 9.59. The molecule has 0 spiro atoms. The Labute approximate surface area is 87.2 Å². The average molecular weight is 189 g/mol. The first-order valence-corrected chi connectivity index (χ1v) is 4.88. The summed E-state index contributed by atoms with van der Waals surface area (Å²) in [5.74, 6) is 0. The Morgan fingerprint density at radius 2 is 1.86 bits per heavy atom. The Kier molecular flexibility index (Phi) is 5.54. The van der Waals surface area contributed by atoms with Crippen LogP contribution in [0.25, 0.3) is 5.57 Å². The van der Waals surface area contributed by atoms with Crippen molar-refractivity contribution >= 4 is 18.0 Å². The van der Waals surface area contributed by atoms with Crippen molar-refractivity contribution in [2.45, 2.75) is 27.7 Å². The van der Waals surface area contributed by atoms with E-state index in [1.807, 2.05) is 32.9 Å². The zero-order valence-electron chi connectivity index (χ0n) is 9.59. The van der Waals surface area contributed by atoms with Crippen LogP contribution in [0.2, 0.25) is 0 Å². The molecule has 0 N–H and O–H groups in total. The van der Waals surface area contributed by atoms with Crippen molar-refractivity contribution in [1.29, 1.82) is 0 Å². The third kappa shape index (κ3) is 3.17. The highest BCUT2D eigenvalue weighted by molar-refractivity contribution is 5.73. The van der Waals surface area contributed by atoms with Gasteiger partial charge in [0, 0.05) is 5.56 Å². The van der Waals surface area contributed by atoms with Crippen LogP contribution in [0.4, 0.5) is 5.69 Å². The standard InChI is InChI=1S/C11H13N.C2H6/c1-8(2)10-7-9(3)5-6-11(10)12-4;1-2/h5-7H,1,4H2,2-3H3;1-2H3. The molecule has 0 heterocycles. The molecule has 76 valence electrons. The summed E-state index contributed by atoms with van der Waals surface area (Å²) in [6.45, 7) is 15.4. The highest BCUT2D eigenvalue weighted by atomic mass is 14.7. The summed E-state index contributed by atoms with van der Waals surface area (Å²) in [6.07, 6.45) is 0. The van der Waals surface area contributed by atoms with E-state index in [0.717, 1.165) is 16.8 Å². The van der Waals surface area contributed by atoms with Crippen LogP contribution in [0.3, 0.4) is 0 Å². The fourth-order valence-corrected chi connectivity index (χ4v) is 1.13. The van der Waals surface area contributed by atoms with Gasteiger partial charge in [-0.1, -0.05) is 32.1 Å². The topological polar surface area (TPSA) is 12.4 Å². The quantitative estimate of drug-likeness (QED) is 0.612. The zero-order chi connectivity index (χ0) is 11.1. The lowest BCUT2D eigenvalue weighted by Gasteiger charge is -2.04. The lowest BCUT2D eigenvalue weighted by atomic mass is 10.0. The van der Waals surface area contributed by atoms with E-state index in [2.05, 4.69) is 31.3 Å². The van der Waals surface area contributed by atoms with Crippen LogP contribution >= 0.6 is 0 Å². The van der Waals surface area contributed by atoms with Gasteiger partial charge >= 0.3 is 0 Å². The lowest BCUT2D eigenvalue weighted by Crippen LogP contribution is -1.81. The largest absolute Gasteiger partial charge is 0.264 e. The van der Waals surface area contributed by atoms with Crippen LogP contribution < -0.4 is 0 Å². The molecule has 1 nitrogen and oxygen atoms in total. The maximum atomic E-state index is 3.92. The van der Waals surface area contributed by atoms with Crippen LogP contribution in [0.5, 0.6) is 0 Å². The van der Waals surface area contributed by atoms with E-state index >= 15 is 0 Å². The SMILES string of the molecule is C=Nc1ccc(C)cc1C(=C)C.CC. The Hall–Kier alpha value is -1.37. The average Bonchev–Trinajstić information content (AvgIpc) is 2.20. The summed E-state index contributed by atoms with van der Waals surface area (Å²) in [5.41, 5.74) is 4.25. The van der Waals surface area contributed by atoms with Crippen LogP contribution in [0.1, 0.15) is 31.9 Å². The summed E-state index contributed by atoms with van der Waals surface area (Å²) in [7, 11) is 0. The molecule has 0 saturated carbocycles. The Morgan fingerprint density at radius 3 is 2.29 bits per heavy atom. The van der Waals surface area contributed by atoms with Crippen molar-refractivity contribution < 1.29 is 0 Å². The Morgan fingerprint density at radius 1 is 1.29 bits per heavy atom. The molecule has 0 aromatic heterocycles. The monoisotopic (exact) mass is 189 g/mol. The van der Waals surface area contributed by atoms with Crippen molar-refractivity contribution in [3.8, 4) is 0 Å². The second-order valence-electron chi connectivity index (χ2n) is 2.96. The van der Waals surface area contributed by atoms with Crippen LogP contribution in [-0.2, 0) is 0 Å². The second kappa shape index (κ2) is 6.14. The molecule has 14 heavy (non-hydrogen) atoms. The van der Waals surface area contributed by atoms with Gasteiger partial charge in [0.15, 0.2) is 0 Å². The van der Waals surface area contributed by atoms with Gasteiger partial charge in [-0.25, -0.2) is 0 Å². The molecule has 1 aromatic rings. The molecule has 0 aliphatic carbocycles. The highest BCUT2D eigenvalue weighted by Crippen LogP contribution is 2.25. The molecular weight excluding hydrogens is 170 g/mol. The molecule has 0 amide bonds. The minimum absolute atomic E-state index is 0.910. The normalized spacial score (nSPS) is 8.57. The second-order valence-corrected chi connectivity index (χ2v) is 2.96. The third-order valence-corrected chi connectivity index (χ3v) is 1.78. The van der Waals surface area contributed by atoms with Gasteiger partial charge in [-0.3, -0.25) is 4.99 Å². The minimum atomic E-state index is 0.910. The molecule has 0 bridgehead atoms. The van der Waals surface area contributed by atoms with Gasteiger partial charge in [0.1, 0.15) is 0 Å². The maximum Gasteiger partial charge on any atom is 0.0697 e. The molecule has 0 fully saturated rings. The van der Waals surface area contributed by atoms with Gasteiger partial charge in [-0.05, 0) is 38.3 Å². The third-order valence-electron chi connectivity index (χ3n) is 1.78. The predicted octanol–water partition coefficient (Wildman–Crippen LogP) is 4.39. The smallest absolute Gasteiger partial charge is 0.0697 e. The Balaban J connectivity index is 0.000000791. The van der Waals surface area contributed by atoms with Crippen molar-refractivity contribution in [3.05, 3.63) is 35.9 Å². The fourth-order valence-electron chi connectivity index (χ4n) is 1.13. The molecule has 1 aromatic carbocycles. The molecular formula is C13H19N. The van der Waals surface area contributed by atoms with E-state index in [4.69, 9.17) is 0 Å². The number of benzene rings is 1. The molecule has 0 saturated heterocycles. The fraction of sp³-hybridized carbons (Fsp3) is 0.308. The van der Waals surface area contributed by atoms with Gasteiger partial charge in [-0.15, -0.1) is 0 Å². The Bertz CT molecular complexity index is 324. The van der Waals surface area contributed by atoms with E-state index in [1.54, 1.807) is 0 Å². The lowest BCUT2D eigenvalue weighted by molar-refractivity contribution is 1.41. The summed E-state index contributed by atoms with van der Waals surface area (Å²) in [6, 6.07) is 6.06. The highest BCUT2D eigenvalue weighted by Gasteiger charge is 2.00. The van der Waals surface area contributed by atoms with Crippen LogP contribution in [0, 0.1) is 6.92 Å². The van der Waals surface area contributed by atoms with Crippen molar-refractivity contribution in [2.24, 2.45) is 4.99 Å². The van der Waals surface area contributed by atoms with Gasteiger partial charge in [0.05, 0.1) is 5.69 Å². The van der Waals surface area contributed by atoms with Gasteiger partial charge in [0.25, 0.3) is 0 Å². The molecule has 0 aliphatic heterocycles. The summed E-state index contributed by atoms with van der Waals surface area (Å²) < 4.78 is 0. The summed E-state index contributed by atoms with van der Waals surface area (Å²) in [4.78, 5) is 3.92. The van der Waals surface area contributed by atoms with E-state index in [1.165, 1.54) is 5.56 Å². The molecule has 1 rings (SSSR count). The molecule has 0 atom stereocenters. The predicted molar refractivity (Wildman–Crippen MR) is 66.4 cm³/mol. The molecule has 0 unspecified atom stereocenters. The van der Waals surface area contributed by atoms with E-state index in [-0.39, 0.29) is 0 Å². The first kappa shape index (κ1) is 12.6. The van der Waals surface area contributed by atoms with Crippen LogP contribution in [-0.4, -0.2) is 6.72 Å².